The molecule has 1 aromatic heterocycles. The van der Waals surface area contributed by atoms with Gasteiger partial charge in [-0.2, -0.15) is 0 Å². The van der Waals surface area contributed by atoms with Gasteiger partial charge < -0.3 is 5.43 Å². The smallest absolute Gasteiger partial charge is 0.269 e. The zero-order valence-corrected chi connectivity index (χ0v) is 13.8. The van der Waals surface area contributed by atoms with Crippen LogP contribution in [0.1, 0.15) is 10.4 Å². The maximum absolute atomic E-state index is 10.9. The number of nitrogens with zero attached hydrogens (tertiary/aromatic N) is 2. The second kappa shape index (κ2) is 6.99. The molecule has 2 rings (SSSR count). The number of benzene rings is 1. The molecule has 0 atom stereocenters. The van der Waals surface area contributed by atoms with Crippen LogP contribution in [0.5, 0.6) is 0 Å². The highest BCUT2D eigenvalue weighted by Crippen LogP contribution is 2.25. The minimum absolute atomic E-state index is 0.0660. The number of nitro benzene ring substituents is 1. The quantitative estimate of drug-likeness (QED) is 0.462. The number of non-ortho nitro benzene ring substituents is 1. The molecular weight excluding hydrogens is 356 g/mol. The summed E-state index contributed by atoms with van der Waals surface area (Å²) in [6.07, 6.45) is 0. The molecule has 3 N–H and O–H groups in total. The van der Waals surface area contributed by atoms with Crippen LogP contribution in [-0.4, -0.2) is 16.9 Å². The Morgan fingerprint density at radius 1 is 1.43 bits per heavy atom. The number of hydrazine groups is 1. The fourth-order valence-electron chi connectivity index (χ4n) is 2.01. The van der Waals surface area contributed by atoms with E-state index in [-0.39, 0.29) is 5.69 Å². The van der Waals surface area contributed by atoms with Crippen molar-refractivity contribution in [2.75, 3.05) is 12.5 Å². The van der Waals surface area contributed by atoms with Gasteiger partial charge in [-0.15, -0.1) is 11.3 Å². The number of halogens is 1. The number of nitrogen functional groups attached to an aromatic ring is 1. The van der Waals surface area contributed by atoms with Gasteiger partial charge in [0.05, 0.1) is 10.6 Å². The Kier molecular flexibility index (Phi) is 5.29. The summed E-state index contributed by atoms with van der Waals surface area (Å²) in [5, 5.41) is 12.9. The first-order chi connectivity index (χ1) is 9.99. The van der Waals surface area contributed by atoms with Gasteiger partial charge in [-0.1, -0.05) is 0 Å². The molecule has 0 fully saturated rings. The average Bonchev–Trinajstić information content (AvgIpc) is 2.83. The average molecular weight is 371 g/mol. The number of hydrogen-bond acceptors (Lipinski definition) is 6. The van der Waals surface area contributed by atoms with Crippen molar-refractivity contribution in [2.45, 2.75) is 13.1 Å². The van der Waals surface area contributed by atoms with Gasteiger partial charge in [0.25, 0.3) is 5.69 Å². The monoisotopic (exact) mass is 370 g/mol. The summed E-state index contributed by atoms with van der Waals surface area (Å²) < 4.78 is 1.07. The third-order valence-electron chi connectivity index (χ3n) is 2.94. The number of nitrogens with one attached hydrogen (secondary N) is 1. The van der Waals surface area contributed by atoms with Gasteiger partial charge in [0.15, 0.2) is 0 Å². The van der Waals surface area contributed by atoms with Crippen LogP contribution < -0.4 is 11.3 Å². The predicted octanol–water partition coefficient (Wildman–Crippen LogP) is 3.34. The fraction of sp³-hybridized carbons (Fsp3) is 0.231. The van der Waals surface area contributed by atoms with Crippen LogP contribution in [0, 0.1) is 10.1 Å². The Labute approximate surface area is 134 Å². The van der Waals surface area contributed by atoms with Gasteiger partial charge in [-0.05, 0) is 40.7 Å². The van der Waals surface area contributed by atoms with E-state index < -0.39 is 4.92 Å². The molecule has 0 aliphatic carbocycles. The zero-order valence-electron chi connectivity index (χ0n) is 11.4. The molecule has 0 radical (unpaired) electrons. The van der Waals surface area contributed by atoms with Crippen molar-refractivity contribution in [1.82, 2.24) is 4.90 Å². The van der Waals surface area contributed by atoms with Crippen LogP contribution in [0.3, 0.4) is 0 Å². The van der Waals surface area contributed by atoms with Crippen molar-refractivity contribution >= 4 is 38.6 Å². The Morgan fingerprint density at radius 2 is 2.19 bits per heavy atom. The van der Waals surface area contributed by atoms with Gasteiger partial charge in [0.1, 0.15) is 0 Å². The minimum Gasteiger partial charge on any atom is -0.324 e. The molecule has 21 heavy (non-hydrogen) atoms. The fourth-order valence-corrected chi connectivity index (χ4v) is 3.54. The van der Waals surface area contributed by atoms with Crippen molar-refractivity contribution in [3.05, 3.63) is 54.7 Å². The number of hydrogen-bond donors (Lipinski definition) is 2. The third-order valence-corrected chi connectivity index (χ3v) is 4.63. The highest BCUT2D eigenvalue weighted by Gasteiger charge is 2.12. The van der Waals surface area contributed by atoms with Gasteiger partial charge >= 0.3 is 0 Å². The van der Waals surface area contributed by atoms with Gasteiger partial charge in [0.2, 0.25) is 0 Å². The summed E-state index contributed by atoms with van der Waals surface area (Å²) in [6.45, 7) is 1.33. The molecule has 6 nitrogen and oxygen atoms in total. The molecule has 0 saturated heterocycles. The lowest BCUT2D eigenvalue weighted by Gasteiger charge is -2.17. The molecule has 0 amide bonds. The molecule has 0 unspecified atom stereocenters. The van der Waals surface area contributed by atoms with Crippen LogP contribution in [0.25, 0.3) is 0 Å². The van der Waals surface area contributed by atoms with E-state index in [1.54, 1.807) is 23.5 Å². The molecule has 0 spiro atoms. The van der Waals surface area contributed by atoms with Crippen LogP contribution in [0.2, 0.25) is 0 Å². The van der Waals surface area contributed by atoms with Crippen molar-refractivity contribution in [1.29, 1.82) is 0 Å². The molecule has 0 aliphatic heterocycles. The van der Waals surface area contributed by atoms with Crippen molar-refractivity contribution in [2.24, 2.45) is 5.84 Å². The van der Waals surface area contributed by atoms with Crippen LogP contribution in [0.15, 0.2) is 34.1 Å². The maximum atomic E-state index is 10.9. The highest BCUT2D eigenvalue weighted by atomic mass is 79.9. The lowest BCUT2D eigenvalue weighted by Crippen LogP contribution is -2.19. The molecule has 0 bridgehead atoms. The molecule has 0 saturated carbocycles. The Bertz CT molecular complexity index is 647. The van der Waals surface area contributed by atoms with Crippen molar-refractivity contribution in [3.8, 4) is 0 Å². The van der Waals surface area contributed by atoms with E-state index in [1.807, 2.05) is 12.4 Å². The summed E-state index contributed by atoms with van der Waals surface area (Å²) in [5.74, 6) is 5.47. The van der Waals surface area contributed by atoms with Crippen LogP contribution >= 0.6 is 27.3 Å². The molecule has 1 aromatic carbocycles. The van der Waals surface area contributed by atoms with E-state index >= 15 is 0 Å². The van der Waals surface area contributed by atoms with E-state index in [2.05, 4.69) is 32.3 Å². The van der Waals surface area contributed by atoms with Crippen molar-refractivity contribution < 1.29 is 4.92 Å². The number of nitro groups is 1. The first-order valence-electron chi connectivity index (χ1n) is 6.15. The molecular formula is C13H15BrN4O2S. The Balaban J connectivity index is 2.13. The molecule has 1 heterocycles. The largest absolute Gasteiger partial charge is 0.324 e. The number of rotatable bonds is 6. The van der Waals surface area contributed by atoms with Gasteiger partial charge in [0, 0.05) is 40.0 Å². The second-order valence-corrected chi connectivity index (χ2v) is 6.56. The lowest BCUT2D eigenvalue weighted by molar-refractivity contribution is -0.384. The van der Waals surface area contributed by atoms with Gasteiger partial charge in [-0.3, -0.25) is 20.9 Å². The third kappa shape index (κ3) is 4.24. The summed E-state index contributed by atoms with van der Waals surface area (Å²) in [7, 11) is 1.97. The summed E-state index contributed by atoms with van der Waals surface area (Å²) in [4.78, 5) is 13.8. The predicted molar refractivity (Wildman–Crippen MR) is 88.1 cm³/mol. The number of nitrogens with two attached hydrogens (primary N) is 1. The molecule has 8 heteroatoms. The second-order valence-electron chi connectivity index (χ2n) is 4.65. The topological polar surface area (TPSA) is 84.4 Å². The molecule has 2 aromatic rings. The standard InChI is InChI=1S/C13H15BrN4O2S/c1-17(7-12-5-10(14)8-21-12)6-9-4-11(18(19)20)2-3-13(9)16-15/h2-5,8,16H,6-7,15H2,1H3. The van der Waals surface area contributed by atoms with E-state index in [0.717, 1.165) is 16.6 Å². The van der Waals surface area contributed by atoms with E-state index in [0.29, 0.717) is 12.2 Å². The normalized spacial score (nSPS) is 10.9. The first kappa shape index (κ1) is 15.9. The first-order valence-corrected chi connectivity index (χ1v) is 7.82. The molecule has 112 valence electrons. The van der Waals surface area contributed by atoms with E-state index in [9.17, 15) is 10.1 Å². The Morgan fingerprint density at radius 3 is 2.76 bits per heavy atom. The SMILES string of the molecule is CN(Cc1cc(Br)cs1)Cc1cc([N+](=O)[O-])ccc1NN. The molecule has 0 aliphatic rings. The van der Waals surface area contributed by atoms with Crippen LogP contribution in [-0.2, 0) is 13.1 Å². The lowest BCUT2D eigenvalue weighted by atomic mass is 10.1. The van der Waals surface area contributed by atoms with E-state index in [1.165, 1.54) is 10.9 Å². The summed E-state index contributed by atoms with van der Waals surface area (Å²) in [5.41, 5.74) is 4.14. The minimum atomic E-state index is -0.403. The maximum Gasteiger partial charge on any atom is 0.269 e. The summed E-state index contributed by atoms with van der Waals surface area (Å²) in [6, 6.07) is 6.69. The number of thiophene rings is 1. The van der Waals surface area contributed by atoms with Gasteiger partial charge in [-0.25, -0.2) is 0 Å². The summed E-state index contributed by atoms with van der Waals surface area (Å²) >= 11 is 5.10. The highest BCUT2D eigenvalue weighted by molar-refractivity contribution is 9.10. The number of anilines is 1. The Hall–Kier alpha value is -1.48. The van der Waals surface area contributed by atoms with E-state index in [4.69, 9.17) is 5.84 Å². The van der Waals surface area contributed by atoms with Crippen LogP contribution in [0.4, 0.5) is 11.4 Å². The zero-order chi connectivity index (χ0) is 15.4. The van der Waals surface area contributed by atoms with Crippen molar-refractivity contribution in [3.63, 3.8) is 0 Å².